The van der Waals surface area contributed by atoms with Gasteiger partial charge in [-0.3, -0.25) is 0 Å². The van der Waals surface area contributed by atoms with Gasteiger partial charge >= 0.3 is 0 Å². The second-order valence-corrected chi connectivity index (χ2v) is 9.91. The molecule has 0 saturated carbocycles. The van der Waals surface area contributed by atoms with E-state index in [0.717, 1.165) is 4.47 Å². The quantitative estimate of drug-likeness (QED) is 0.224. The molecule has 7 rings (SSSR count). The molecule has 0 nitrogen and oxygen atoms in total. The van der Waals surface area contributed by atoms with Gasteiger partial charge < -0.3 is 0 Å². The maximum atomic E-state index is 3.65. The van der Waals surface area contributed by atoms with Crippen LogP contribution in [0.15, 0.2) is 126 Å². The highest BCUT2D eigenvalue weighted by atomic mass is 79.9. The lowest BCUT2D eigenvalue weighted by Gasteiger charge is -2.23. The predicted octanol–water partition coefficient (Wildman–Crippen LogP) is 9.20. The van der Waals surface area contributed by atoms with Crippen molar-refractivity contribution >= 4 is 27.1 Å². The Hall–Kier alpha value is -3.68. The van der Waals surface area contributed by atoms with Gasteiger partial charge in [0, 0.05) is 10.4 Å². The standard InChI is InChI=1S/C33H21Br/c34-22-19-17-21(18-20-22)31(32-27-13-5-1-9-23(27)24-10-2-6-14-28(24)32)33-29-15-7-3-11-25(29)26-12-4-8-16-30(26)33/h1-20,32H. The van der Waals surface area contributed by atoms with Gasteiger partial charge in [-0.15, -0.1) is 0 Å². The minimum atomic E-state index is 0.169. The molecule has 0 aliphatic heterocycles. The number of allylic oxidation sites excluding steroid dienone is 1. The van der Waals surface area contributed by atoms with E-state index in [9.17, 15) is 0 Å². The summed E-state index contributed by atoms with van der Waals surface area (Å²) in [6.45, 7) is 0. The largest absolute Gasteiger partial charge is 0.0619 e. The lowest BCUT2D eigenvalue weighted by atomic mass is 9.80. The first-order valence-electron chi connectivity index (χ1n) is 11.7. The highest BCUT2D eigenvalue weighted by Crippen LogP contribution is 2.56. The molecular formula is C33H21Br. The van der Waals surface area contributed by atoms with Gasteiger partial charge in [0.15, 0.2) is 0 Å². The van der Waals surface area contributed by atoms with E-state index in [1.807, 2.05) is 0 Å². The van der Waals surface area contributed by atoms with E-state index in [2.05, 4.69) is 137 Å². The van der Waals surface area contributed by atoms with Gasteiger partial charge in [-0.2, -0.15) is 0 Å². The third-order valence-electron chi connectivity index (χ3n) is 7.23. The van der Waals surface area contributed by atoms with Gasteiger partial charge in [0.05, 0.1) is 0 Å². The maximum absolute atomic E-state index is 3.65. The second-order valence-electron chi connectivity index (χ2n) is 8.99. The van der Waals surface area contributed by atoms with Crippen molar-refractivity contribution in [3.8, 4) is 22.3 Å². The molecule has 34 heavy (non-hydrogen) atoms. The number of hydrogen-bond acceptors (Lipinski definition) is 0. The smallest absolute Gasteiger partial charge is 0.0364 e. The topological polar surface area (TPSA) is 0 Å². The van der Waals surface area contributed by atoms with Crippen molar-refractivity contribution in [2.75, 3.05) is 0 Å². The van der Waals surface area contributed by atoms with Gasteiger partial charge in [0.2, 0.25) is 0 Å². The molecule has 0 atom stereocenters. The zero-order chi connectivity index (χ0) is 22.6. The minimum Gasteiger partial charge on any atom is -0.0619 e. The van der Waals surface area contributed by atoms with Gasteiger partial charge in [-0.05, 0) is 73.4 Å². The summed E-state index contributed by atoms with van der Waals surface area (Å²) in [6.07, 6.45) is 0. The molecule has 0 bridgehead atoms. The molecule has 0 radical (unpaired) electrons. The van der Waals surface area contributed by atoms with Crippen LogP contribution >= 0.6 is 15.9 Å². The molecule has 0 spiro atoms. The summed E-state index contributed by atoms with van der Waals surface area (Å²) < 4.78 is 1.10. The van der Waals surface area contributed by atoms with Crippen LogP contribution in [0.2, 0.25) is 0 Å². The summed E-state index contributed by atoms with van der Waals surface area (Å²) in [5, 5.41) is 0. The molecular weight excluding hydrogens is 476 g/mol. The fraction of sp³-hybridized carbons (Fsp3) is 0.0303. The fourth-order valence-corrected chi connectivity index (χ4v) is 6.12. The van der Waals surface area contributed by atoms with Crippen LogP contribution in [0, 0.1) is 0 Å². The van der Waals surface area contributed by atoms with Crippen LogP contribution in [0.1, 0.15) is 33.7 Å². The first-order valence-corrected chi connectivity index (χ1v) is 12.5. The zero-order valence-corrected chi connectivity index (χ0v) is 20.1. The number of fused-ring (bicyclic) bond motifs is 6. The third kappa shape index (κ3) is 2.84. The molecule has 0 N–H and O–H groups in total. The molecule has 160 valence electrons. The molecule has 2 aliphatic carbocycles. The van der Waals surface area contributed by atoms with Crippen molar-refractivity contribution in [2.45, 2.75) is 5.92 Å². The summed E-state index contributed by atoms with van der Waals surface area (Å²) in [5.74, 6) is 0.169. The summed E-state index contributed by atoms with van der Waals surface area (Å²) in [4.78, 5) is 0. The van der Waals surface area contributed by atoms with E-state index in [4.69, 9.17) is 0 Å². The molecule has 0 unspecified atom stereocenters. The molecule has 0 heterocycles. The first-order chi connectivity index (χ1) is 16.8. The Morgan fingerprint density at radius 3 is 1.35 bits per heavy atom. The zero-order valence-electron chi connectivity index (χ0n) is 18.5. The van der Waals surface area contributed by atoms with E-state index in [0.29, 0.717) is 0 Å². The Labute approximate surface area is 208 Å². The Morgan fingerprint density at radius 1 is 0.441 bits per heavy atom. The van der Waals surface area contributed by atoms with Gasteiger partial charge in [0.1, 0.15) is 0 Å². The average molecular weight is 497 g/mol. The fourth-order valence-electron chi connectivity index (χ4n) is 5.86. The van der Waals surface area contributed by atoms with Gasteiger partial charge in [-0.25, -0.2) is 0 Å². The van der Waals surface area contributed by atoms with E-state index in [1.54, 1.807) is 0 Å². The molecule has 5 aromatic carbocycles. The molecule has 0 amide bonds. The third-order valence-corrected chi connectivity index (χ3v) is 7.76. The lowest BCUT2D eigenvalue weighted by Crippen LogP contribution is -2.04. The molecule has 0 fully saturated rings. The van der Waals surface area contributed by atoms with Crippen molar-refractivity contribution in [2.24, 2.45) is 0 Å². The van der Waals surface area contributed by atoms with Crippen LogP contribution in [0.3, 0.4) is 0 Å². The van der Waals surface area contributed by atoms with Gasteiger partial charge in [0.25, 0.3) is 0 Å². The number of hydrogen-bond donors (Lipinski definition) is 0. The molecule has 0 aromatic heterocycles. The SMILES string of the molecule is Brc1ccc(C(=C2c3ccccc3-c3ccccc32)C2c3ccccc3-c3ccccc32)cc1. The second kappa shape index (κ2) is 7.68. The van der Waals surface area contributed by atoms with E-state index in [1.165, 1.54) is 61.2 Å². The van der Waals surface area contributed by atoms with Crippen molar-refractivity contribution in [3.05, 3.63) is 154 Å². The summed E-state index contributed by atoms with van der Waals surface area (Å²) in [5.41, 5.74) is 14.7. The van der Waals surface area contributed by atoms with Crippen LogP contribution in [0.5, 0.6) is 0 Å². The monoisotopic (exact) mass is 496 g/mol. The van der Waals surface area contributed by atoms with Crippen molar-refractivity contribution in [1.82, 2.24) is 0 Å². The number of halogens is 1. The van der Waals surface area contributed by atoms with Crippen molar-refractivity contribution in [3.63, 3.8) is 0 Å². The average Bonchev–Trinajstić information content (AvgIpc) is 3.40. The van der Waals surface area contributed by atoms with E-state index < -0.39 is 0 Å². The predicted molar refractivity (Wildman–Crippen MR) is 146 cm³/mol. The van der Waals surface area contributed by atoms with E-state index in [-0.39, 0.29) is 5.92 Å². The Kier molecular flexibility index (Phi) is 4.47. The minimum absolute atomic E-state index is 0.169. The van der Waals surface area contributed by atoms with Crippen LogP contribution < -0.4 is 0 Å². The normalized spacial score (nSPS) is 13.3. The lowest BCUT2D eigenvalue weighted by molar-refractivity contribution is 1.09. The molecule has 1 heteroatoms. The highest BCUT2D eigenvalue weighted by Gasteiger charge is 2.36. The molecule has 2 aliphatic rings. The Bertz CT molecular complexity index is 1510. The van der Waals surface area contributed by atoms with E-state index >= 15 is 0 Å². The van der Waals surface area contributed by atoms with Crippen molar-refractivity contribution < 1.29 is 0 Å². The van der Waals surface area contributed by atoms with Crippen LogP contribution in [-0.4, -0.2) is 0 Å². The van der Waals surface area contributed by atoms with Crippen LogP contribution in [0.25, 0.3) is 33.4 Å². The molecule has 0 saturated heterocycles. The van der Waals surface area contributed by atoms with Crippen LogP contribution in [-0.2, 0) is 0 Å². The summed E-state index contributed by atoms with van der Waals surface area (Å²) >= 11 is 3.65. The van der Waals surface area contributed by atoms with Crippen molar-refractivity contribution in [1.29, 1.82) is 0 Å². The van der Waals surface area contributed by atoms with Crippen LogP contribution in [0.4, 0.5) is 0 Å². The Balaban J connectivity index is 1.63. The molecule has 5 aromatic rings. The number of benzene rings is 5. The summed E-state index contributed by atoms with van der Waals surface area (Å²) in [7, 11) is 0. The number of rotatable bonds is 2. The summed E-state index contributed by atoms with van der Waals surface area (Å²) in [6, 6.07) is 44.4. The first kappa shape index (κ1) is 19.8. The Morgan fingerprint density at radius 2 is 0.853 bits per heavy atom. The highest BCUT2D eigenvalue weighted by molar-refractivity contribution is 9.10. The maximum Gasteiger partial charge on any atom is 0.0364 e. The van der Waals surface area contributed by atoms with Gasteiger partial charge in [-0.1, -0.05) is 125 Å².